The summed E-state index contributed by atoms with van der Waals surface area (Å²) in [6, 6.07) is 1.88. The fourth-order valence-corrected chi connectivity index (χ4v) is 0.574. The van der Waals surface area contributed by atoms with Gasteiger partial charge in [-0.1, -0.05) is 0 Å². The van der Waals surface area contributed by atoms with Gasteiger partial charge in [-0.25, -0.2) is 9.97 Å². The second kappa shape index (κ2) is 1.90. The van der Waals surface area contributed by atoms with Crippen LogP contribution in [0, 0.1) is 13.8 Å². The first-order valence-electron chi connectivity index (χ1n) is 2.55. The third kappa shape index (κ3) is 1.03. The fraction of sp³-hybridized carbons (Fsp3) is 0.333. The lowest BCUT2D eigenvalue weighted by molar-refractivity contribution is 1.01. The van der Waals surface area contributed by atoms with Gasteiger partial charge < -0.3 is 0 Å². The van der Waals surface area contributed by atoms with E-state index in [1.807, 2.05) is 19.9 Å². The van der Waals surface area contributed by atoms with Crippen LogP contribution in [0.3, 0.4) is 0 Å². The number of hydrogen-bond acceptors (Lipinski definition) is 2. The Morgan fingerprint density at radius 3 is 2.50 bits per heavy atom. The minimum Gasteiger partial charge on any atom is -0.242 e. The number of hydrogen-bond donors (Lipinski definition) is 0. The van der Waals surface area contributed by atoms with Gasteiger partial charge in [0.25, 0.3) is 0 Å². The molecule has 2 nitrogen and oxygen atoms in total. The van der Waals surface area contributed by atoms with Crippen molar-refractivity contribution in [2.75, 3.05) is 0 Å². The highest BCUT2D eigenvalue weighted by Gasteiger charge is 1.83. The summed E-state index contributed by atoms with van der Waals surface area (Å²) in [5.41, 5.74) is 1.03. The van der Waals surface area contributed by atoms with E-state index in [4.69, 9.17) is 0 Å². The summed E-state index contributed by atoms with van der Waals surface area (Å²) < 4.78 is 0. The summed E-state index contributed by atoms with van der Waals surface area (Å²) in [7, 11) is 0. The SMILES string of the molecule is Cc1ccnc(C)n1. The minimum absolute atomic E-state index is 0.838. The van der Waals surface area contributed by atoms with Crippen LogP contribution in [0.2, 0.25) is 0 Å². The average molecular weight is 108 g/mol. The van der Waals surface area contributed by atoms with Gasteiger partial charge in [-0.2, -0.15) is 0 Å². The van der Waals surface area contributed by atoms with E-state index in [-0.39, 0.29) is 0 Å². The molecule has 0 saturated heterocycles. The quantitative estimate of drug-likeness (QED) is 0.497. The molecule has 8 heavy (non-hydrogen) atoms. The van der Waals surface area contributed by atoms with Crippen LogP contribution in [0.4, 0.5) is 0 Å². The van der Waals surface area contributed by atoms with Crippen molar-refractivity contribution in [1.29, 1.82) is 0 Å². The Hall–Kier alpha value is -0.920. The zero-order valence-corrected chi connectivity index (χ0v) is 5.05. The van der Waals surface area contributed by atoms with Crippen LogP contribution in [0.1, 0.15) is 11.5 Å². The van der Waals surface area contributed by atoms with E-state index >= 15 is 0 Å². The molecule has 0 bridgehead atoms. The van der Waals surface area contributed by atoms with Gasteiger partial charge in [0.05, 0.1) is 0 Å². The smallest absolute Gasteiger partial charge is 0.125 e. The highest BCUT2D eigenvalue weighted by Crippen LogP contribution is 1.88. The maximum Gasteiger partial charge on any atom is 0.125 e. The summed E-state index contributed by atoms with van der Waals surface area (Å²) in [5.74, 6) is 0.838. The third-order valence-corrected chi connectivity index (χ3v) is 0.915. The van der Waals surface area contributed by atoms with E-state index in [0.29, 0.717) is 0 Å². The van der Waals surface area contributed by atoms with Crippen molar-refractivity contribution < 1.29 is 0 Å². The Kier molecular flexibility index (Phi) is 1.24. The van der Waals surface area contributed by atoms with Gasteiger partial charge in [-0.05, 0) is 19.9 Å². The van der Waals surface area contributed by atoms with Crippen molar-refractivity contribution in [3.05, 3.63) is 23.8 Å². The summed E-state index contributed by atoms with van der Waals surface area (Å²) in [4.78, 5) is 7.99. The van der Waals surface area contributed by atoms with Crippen LogP contribution in [-0.4, -0.2) is 9.97 Å². The Balaban J connectivity index is 3.08. The molecule has 0 aliphatic heterocycles. The zero-order valence-electron chi connectivity index (χ0n) is 5.05. The second-order valence-electron chi connectivity index (χ2n) is 1.75. The number of rotatable bonds is 0. The molecular formula is C6H8N2. The number of aryl methyl sites for hydroxylation is 2. The van der Waals surface area contributed by atoms with Crippen LogP contribution in [0.25, 0.3) is 0 Å². The van der Waals surface area contributed by atoms with Gasteiger partial charge in [-0.15, -0.1) is 0 Å². The Morgan fingerprint density at radius 2 is 2.12 bits per heavy atom. The molecule has 0 aliphatic carbocycles. The molecule has 0 unspecified atom stereocenters. The van der Waals surface area contributed by atoms with Crippen molar-refractivity contribution in [3.8, 4) is 0 Å². The molecule has 1 aromatic heterocycles. The van der Waals surface area contributed by atoms with Gasteiger partial charge in [-0.3, -0.25) is 0 Å². The predicted molar refractivity (Wildman–Crippen MR) is 31.5 cm³/mol. The molecule has 2 heteroatoms. The summed E-state index contributed by atoms with van der Waals surface area (Å²) in [5, 5.41) is 0. The van der Waals surface area contributed by atoms with E-state index in [0.717, 1.165) is 11.5 Å². The molecule has 0 radical (unpaired) electrons. The van der Waals surface area contributed by atoms with Gasteiger partial charge >= 0.3 is 0 Å². The first-order chi connectivity index (χ1) is 3.79. The molecule has 0 saturated carbocycles. The highest BCUT2D eigenvalue weighted by molar-refractivity contribution is 4.97. The highest BCUT2D eigenvalue weighted by atomic mass is 14.9. The van der Waals surface area contributed by atoms with Crippen molar-refractivity contribution in [2.24, 2.45) is 0 Å². The lowest BCUT2D eigenvalue weighted by Crippen LogP contribution is -1.86. The monoisotopic (exact) mass is 108 g/mol. The molecule has 0 atom stereocenters. The Bertz CT molecular complexity index is 166. The molecule has 0 amide bonds. The largest absolute Gasteiger partial charge is 0.242 e. The molecule has 0 spiro atoms. The first-order valence-corrected chi connectivity index (χ1v) is 2.55. The molecule has 0 N–H and O–H groups in total. The van der Waals surface area contributed by atoms with Crippen LogP contribution in [0.5, 0.6) is 0 Å². The first kappa shape index (κ1) is 5.22. The van der Waals surface area contributed by atoms with Gasteiger partial charge in [0.1, 0.15) is 5.82 Å². The molecule has 0 aliphatic rings. The maximum atomic E-state index is 4.06. The standard InChI is InChI=1S/C6H8N2/c1-5-3-4-7-6(2)8-5/h3-4H,1-2H3. The molecular weight excluding hydrogens is 100 g/mol. The second-order valence-corrected chi connectivity index (χ2v) is 1.75. The van der Waals surface area contributed by atoms with Crippen molar-refractivity contribution in [3.63, 3.8) is 0 Å². The molecule has 42 valence electrons. The molecule has 1 aromatic rings. The van der Waals surface area contributed by atoms with Gasteiger partial charge in [0, 0.05) is 11.9 Å². The summed E-state index contributed by atoms with van der Waals surface area (Å²) in [6.07, 6.45) is 1.76. The van der Waals surface area contributed by atoms with Crippen LogP contribution in [0.15, 0.2) is 12.3 Å². The van der Waals surface area contributed by atoms with Crippen molar-refractivity contribution in [2.45, 2.75) is 13.8 Å². The Labute approximate surface area is 48.6 Å². The minimum atomic E-state index is 0.838. The zero-order chi connectivity index (χ0) is 5.98. The number of aromatic nitrogens is 2. The van der Waals surface area contributed by atoms with Crippen LogP contribution >= 0.6 is 0 Å². The normalized spacial score (nSPS) is 9.25. The van der Waals surface area contributed by atoms with E-state index in [1.165, 1.54) is 0 Å². The lowest BCUT2D eigenvalue weighted by Gasteiger charge is -1.89. The third-order valence-electron chi connectivity index (χ3n) is 0.915. The average Bonchev–Trinajstić information content (AvgIpc) is 1.64. The fourth-order valence-electron chi connectivity index (χ4n) is 0.574. The molecule has 0 aromatic carbocycles. The van der Waals surface area contributed by atoms with E-state index in [9.17, 15) is 0 Å². The lowest BCUT2D eigenvalue weighted by atomic mass is 10.4. The molecule has 1 heterocycles. The van der Waals surface area contributed by atoms with E-state index < -0.39 is 0 Å². The predicted octanol–water partition coefficient (Wildman–Crippen LogP) is 1.09. The summed E-state index contributed by atoms with van der Waals surface area (Å²) in [6.45, 7) is 3.84. The van der Waals surface area contributed by atoms with E-state index in [1.54, 1.807) is 6.20 Å². The van der Waals surface area contributed by atoms with Gasteiger partial charge in [0.2, 0.25) is 0 Å². The number of nitrogens with zero attached hydrogens (tertiary/aromatic N) is 2. The maximum absolute atomic E-state index is 4.06. The molecule has 1 rings (SSSR count). The van der Waals surface area contributed by atoms with Crippen LogP contribution in [-0.2, 0) is 0 Å². The topological polar surface area (TPSA) is 25.8 Å². The van der Waals surface area contributed by atoms with Gasteiger partial charge in [0.15, 0.2) is 0 Å². The van der Waals surface area contributed by atoms with Crippen molar-refractivity contribution in [1.82, 2.24) is 9.97 Å². The van der Waals surface area contributed by atoms with Crippen LogP contribution < -0.4 is 0 Å². The summed E-state index contributed by atoms with van der Waals surface area (Å²) >= 11 is 0. The molecule has 0 fully saturated rings. The van der Waals surface area contributed by atoms with E-state index in [2.05, 4.69) is 9.97 Å². The Morgan fingerprint density at radius 1 is 1.38 bits per heavy atom. The van der Waals surface area contributed by atoms with Crippen molar-refractivity contribution >= 4 is 0 Å².